The summed E-state index contributed by atoms with van der Waals surface area (Å²) >= 11 is 0. The number of aromatic amines is 1. The van der Waals surface area contributed by atoms with Crippen molar-refractivity contribution >= 4 is 23.9 Å². The number of carbonyl (C=O) groups is 1. The van der Waals surface area contributed by atoms with Gasteiger partial charge in [0.15, 0.2) is 0 Å². The van der Waals surface area contributed by atoms with Crippen molar-refractivity contribution in [3.63, 3.8) is 0 Å². The molecule has 154 valence electrons. The molecule has 2 fully saturated rings. The summed E-state index contributed by atoms with van der Waals surface area (Å²) in [6.45, 7) is 10.6. The highest BCUT2D eigenvalue weighted by Gasteiger charge is 2.45. The van der Waals surface area contributed by atoms with Crippen LogP contribution in [0.15, 0.2) is 43.2 Å². The summed E-state index contributed by atoms with van der Waals surface area (Å²) < 4.78 is 5.69. The number of ether oxygens (including phenoxy) is 1. The summed E-state index contributed by atoms with van der Waals surface area (Å²) in [6, 6.07) is 7.64. The Morgan fingerprint density at radius 2 is 2.20 bits per heavy atom. The molecule has 0 radical (unpaired) electrons. The second-order valence-electron chi connectivity index (χ2n) is 7.80. The molecule has 30 heavy (non-hydrogen) atoms. The van der Waals surface area contributed by atoms with Crippen LogP contribution in [-0.2, 0) is 9.53 Å². The fourth-order valence-corrected chi connectivity index (χ4v) is 4.37. The number of nitrogens with zero attached hydrogens (tertiary/aromatic N) is 4. The third-order valence-corrected chi connectivity index (χ3v) is 6.12. The van der Waals surface area contributed by atoms with E-state index in [2.05, 4.69) is 34.1 Å². The van der Waals surface area contributed by atoms with Crippen molar-refractivity contribution < 1.29 is 9.53 Å². The number of anilines is 1. The number of amides is 1. The van der Waals surface area contributed by atoms with E-state index in [1.165, 1.54) is 0 Å². The minimum atomic E-state index is -0.357. The molecule has 4 heterocycles. The standard InChI is InChI=1S/C23H25N5O2/c1-3-19(20-5-9-25-17(20)2)14-28-22(29)15-30-16-23(28)6-10-27(11-7-23)21-12-18(13-24)4-8-26-21/h3-5,8-9,12,25H,1-2,6-7,10-11,14-16H2/b20-19+. The molecule has 0 aromatic carbocycles. The van der Waals surface area contributed by atoms with E-state index in [-0.39, 0.29) is 18.1 Å². The molecular weight excluding hydrogens is 378 g/mol. The molecule has 1 spiro atoms. The van der Waals surface area contributed by atoms with Gasteiger partial charge < -0.3 is 19.5 Å². The summed E-state index contributed by atoms with van der Waals surface area (Å²) in [4.78, 5) is 24.5. The zero-order valence-corrected chi connectivity index (χ0v) is 16.9. The number of hydrogen-bond donors (Lipinski definition) is 1. The van der Waals surface area contributed by atoms with E-state index in [4.69, 9.17) is 10.00 Å². The van der Waals surface area contributed by atoms with Crippen LogP contribution in [0.2, 0.25) is 0 Å². The summed E-state index contributed by atoms with van der Waals surface area (Å²) in [6.07, 6.45) is 6.86. The Balaban J connectivity index is 1.58. The number of morpholine rings is 1. The first kappa shape index (κ1) is 19.9. The number of hydrogen-bond acceptors (Lipinski definition) is 5. The SMILES string of the molecule is C=C/C(CN1C(=O)COCC12CCN(c1cc(C#N)ccn1)CC2)=c1/cc[nH]c1=C. The molecule has 7 heteroatoms. The lowest BCUT2D eigenvalue weighted by Crippen LogP contribution is -2.64. The maximum Gasteiger partial charge on any atom is 0.249 e. The van der Waals surface area contributed by atoms with E-state index in [0.717, 1.165) is 47.9 Å². The Morgan fingerprint density at radius 3 is 2.87 bits per heavy atom. The van der Waals surface area contributed by atoms with Crippen molar-refractivity contribution in [2.45, 2.75) is 18.4 Å². The van der Waals surface area contributed by atoms with Crippen LogP contribution < -0.4 is 15.5 Å². The molecule has 2 aliphatic heterocycles. The first-order valence-corrected chi connectivity index (χ1v) is 10.0. The van der Waals surface area contributed by atoms with Crippen molar-refractivity contribution in [3.8, 4) is 6.07 Å². The lowest BCUT2D eigenvalue weighted by atomic mass is 9.84. The normalized spacial score (nSPS) is 19.5. The van der Waals surface area contributed by atoms with Gasteiger partial charge in [-0.1, -0.05) is 19.2 Å². The summed E-state index contributed by atoms with van der Waals surface area (Å²) in [5.41, 5.74) is 1.21. The number of aromatic nitrogens is 2. The predicted molar refractivity (Wildman–Crippen MR) is 115 cm³/mol. The van der Waals surface area contributed by atoms with Crippen LogP contribution in [0, 0.1) is 11.3 Å². The van der Waals surface area contributed by atoms with Crippen LogP contribution in [0.3, 0.4) is 0 Å². The summed E-state index contributed by atoms with van der Waals surface area (Å²) in [7, 11) is 0. The van der Waals surface area contributed by atoms with Crippen LogP contribution in [0.25, 0.3) is 12.2 Å². The quantitative estimate of drug-likeness (QED) is 0.821. The molecule has 0 saturated carbocycles. The second-order valence-corrected chi connectivity index (χ2v) is 7.80. The topological polar surface area (TPSA) is 85.2 Å². The van der Waals surface area contributed by atoms with Crippen LogP contribution in [0.4, 0.5) is 5.82 Å². The average molecular weight is 403 g/mol. The molecule has 0 aliphatic carbocycles. The molecule has 1 amide bonds. The van der Waals surface area contributed by atoms with E-state index in [1.807, 2.05) is 23.2 Å². The minimum absolute atomic E-state index is 0.000184. The zero-order valence-electron chi connectivity index (χ0n) is 16.9. The third-order valence-electron chi connectivity index (χ3n) is 6.12. The highest BCUT2D eigenvalue weighted by Crippen LogP contribution is 2.34. The Kier molecular flexibility index (Phi) is 5.42. The Labute approximate surface area is 175 Å². The molecule has 2 saturated heterocycles. The van der Waals surface area contributed by atoms with Gasteiger partial charge in [0.25, 0.3) is 0 Å². The maximum absolute atomic E-state index is 12.9. The number of nitriles is 1. The van der Waals surface area contributed by atoms with Gasteiger partial charge in [0.05, 0.1) is 23.8 Å². The fourth-order valence-electron chi connectivity index (χ4n) is 4.37. The molecule has 0 atom stereocenters. The molecule has 1 N–H and O–H groups in total. The van der Waals surface area contributed by atoms with Gasteiger partial charge in [0, 0.05) is 42.6 Å². The lowest BCUT2D eigenvalue weighted by Gasteiger charge is -2.51. The van der Waals surface area contributed by atoms with Crippen molar-refractivity contribution in [2.75, 3.05) is 37.7 Å². The number of piperidine rings is 1. The van der Waals surface area contributed by atoms with Gasteiger partial charge in [-0.05, 0) is 36.6 Å². The van der Waals surface area contributed by atoms with Gasteiger partial charge in [-0.25, -0.2) is 4.98 Å². The number of H-pyrrole nitrogens is 1. The first-order valence-electron chi connectivity index (χ1n) is 10.0. The molecule has 7 nitrogen and oxygen atoms in total. The highest BCUT2D eigenvalue weighted by molar-refractivity contribution is 5.81. The monoisotopic (exact) mass is 403 g/mol. The van der Waals surface area contributed by atoms with Gasteiger partial charge in [-0.2, -0.15) is 5.26 Å². The van der Waals surface area contributed by atoms with Crippen molar-refractivity contribution in [3.05, 3.63) is 59.4 Å². The van der Waals surface area contributed by atoms with Crippen LogP contribution in [0.5, 0.6) is 0 Å². The molecule has 0 unspecified atom stereocenters. The highest BCUT2D eigenvalue weighted by atomic mass is 16.5. The van der Waals surface area contributed by atoms with Gasteiger partial charge >= 0.3 is 0 Å². The number of carbonyl (C=O) groups excluding carboxylic acids is 1. The number of rotatable bonds is 4. The first-order chi connectivity index (χ1) is 14.6. The van der Waals surface area contributed by atoms with Crippen LogP contribution in [0.1, 0.15) is 18.4 Å². The minimum Gasteiger partial charge on any atom is -0.369 e. The molecule has 0 bridgehead atoms. The Morgan fingerprint density at radius 1 is 1.40 bits per heavy atom. The van der Waals surface area contributed by atoms with Gasteiger partial charge in [-0.15, -0.1) is 0 Å². The van der Waals surface area contributed by atoms with Gasteiger partial charge in [0.2, 0.25) is 5.91 Å². The fraction of sp³-hybridized carbons (Fsp3) is 0.348. The van der Waals surface area contributed by atoms with Gasteiger partial charge in [0.1, 0.15) is 12.4 Å². The van der Waals surface area contributed by atoms with E-state index in [1.54, 1.807) is 18.3 Å². The molecule has 4 rings (SSSR count). The Hall–Kier alpha value is -3.37. The van der Waals surface area contributed by atoms with Crippen molar-refractivity contribution in [2.24, 2.45) is 0 Å². The second kappa shape index (κ2) is 8.17. The van der Waals surface area contributed by atoms with Gasteiger partial charge in [-0.3, -0.25) is 4.79 Å². The zero-order chi connectivity index (χ0) is 21.1. The molecule has 2 aromatic heterocycles. The summed E-state index contributed by atoms with van der Waals surface area (Å²) in [5, 5.41) is 11.0. The largest absolute Gasteiger partial charge is 0.369 e. The number of nitrogens with one attached hydrogen (secondary N) is 1. The van der Waals surface area contributed by atoms with Crippen molar-refractivity contribution in [1.29, 1.82) is 5.26 Å². The number of pyridine rings is 1. The van der Waals surface area contributed by atoms with Crippen LogP contribution in [-0.4, -0.2) is 59.2 Å². The van der Waals surface area contributed by atoms with Crippen molar-refractivity contribution in [1.82, 2.24) is 14.9 Å². The van der Waals surface area contributed by atoms with Crippen LogP contribution >= 0.6 is 0 Å². The maximum atomic E-state index is 12.9. The lowest BCUT2D eigenvalue weighted by molar-refractivity contribution is -0.158. The smallest absolute Gasteiger partial charge is 0.249 e. The average Bonchev–Trinajstić information content (AvgIpc) is 3.20. The van der Waals surface area contributed by atoms with E-state index in [9.17, 15) is 4.79 Å². The molecule has 2 aliphatic rings. The van der Waals surface area contributed by atoms with E-state index < -0.39 is 0 Å². The van der Waals surface area contributed by atoms with E-state index >= 15 is 0 Å². The molecule has 2 aromatic rings. The Bertz CT molecular complexity index is 1110. The third kappa shape index (κ3) is 3.62. The molecular formula is C23H25N5O2. The van der Waals surface area contributed by atoms with E-state index in [0.29, 0.717) is 18.7 Å². The predicted octanol–water partition coefficient (Wildman–Crippen LogP) is 0.926. The summed E-state index contributed by atoms with van der Waals surface area (Å²) in [5.74, 6) is 0.797.